The first-order valence-corrected chi connectivity index (χ1v) is 6.79. The van der Waals surface area contributed by atoms with Crippen molar-refractivity contribution in [3.05, 3.63) is 24.3 Å². The van der Waals surface area contributed by atoms with Gasteiger partial charge in [0.05, 0.1) is 13.7 Å². The average Bonchev–Trinajstić information content (AvgIpc) is 2.46. The van der Waals surface area contributed by atoms with Crippen LogP contribution in [0, 0.1) is 5.92 Å². The van der Waals surface area contributed by atoms with Crippen LogP contribution in [0.4, 0.5) is 0 Å². The van der Waals surface area contributed by atoms with Gasteiger partial charge in [-0.05, 0) is 25.5 Å². The van der Waals surface area contributed by atoms with Crippen molar-refractivity contribution in [3.8, 4) is 11.5 Å². The predicted molar refractivity (Wildman–Crippen MR) is 77.5 cm³/mol. The highest BCUT2D eigenvalue weighted by molar-refractivity contribution is 5.96. The molecule has 0 saturated carbocycles. The van der Waals surface area contributed by atoms with Gasteiger partial charge in [0, 0.05) is 0 Å². The Kier molecular flexibility index (Phi) is 6.52. The maximum Gasteiger partial charge on any atom is 0.316 e. The number of carboxylic acid groups (broad SMARTS) is 1. The molecule has 0 aliphatic carbocycles. The maximum atomic E-state index is 11.7. The number of aliphatic carboxylic acids is 1. The second-order valence-corrected chi connectivity index (χ2v) is 4.62. The number of hydrogen-bond acceptors (Lipinski definition) is 4. The number of carbonyl (C=O) groups is 2. The van der Waals surface area contributed by atoms with Crippen LogP contribution in [-0.2, 0) is 9.59 Å². The van der Waals surface area contributed by atoms with Crippen LogP contribution in [0.25, 0.3) is 0 Å². The molecular weight excluding hydrogens is 274 g/mol. The fourth-order valence-corrected chi connectivity index (χ4v) is 1.81. The lowest BCUT2D eigenvalue weighted by molar-refractivity contribution is -0.147. The quantitative estimate of drug-likeness (QED) is 0.713. The summed E-state index contributed by atoms with van der Waals surface area (Å²) in [5.41, 5.74) is 0. The van der Waals surface area contributed by atoms with Gasteiger partial charge in [0.15, 0.2) is 11.5 Å². The largest absolute Gasteiger partial charge is 0.493 e. The van der Waals surface area contributed by atoms with E-state index in [1.807, 2.05) is 12.1 Å². The van der Waals surface area contributed by atoms with Crippen LogP contribution < -0.4 is 14.8 Å². The van der Waals surface area contributed by atoms with E-state index in [1.54, 1.807) is 33.1 Å². The Morgan fingerprint density at radius 2 is 1.90 bits per heavy atom. The zero-order chi connectivity index (χ0) is 15.8. The molecule has 1 aromatic carbocycles. The smallest absolute Gasteiger partial charge is 0.316 e. The molecule has 0 heterocycles. The fourth-order valence-electron chi connectivity index (χ4n) is 1.81. The SMILES string of the molecule is CC[C@@H](C(=O)O)C(=O)NC[C@@H](C)Oc1ccccc1OC. The molecule has 0 saturated heterocycles. The highest BCUT2D eigenvalue weighted by atomic mass is 16.5. The second-order valence-electron chi connectivity index (χ2n) is 4.62. The molecule has 0 aliphatic rings. The summed E-state index contributed by atoms with van der Waals surface area (Å²) < 4.78 is 10.8. The van der Waals surface area contributed by atoms with Gasteiger partial charge in [-0.15, -0.1) is 0 Å². The lowest BCUT2D eigenvalue weighted by atomic mass is 10.1. The van der Waals surface area contributed by atoms with Crippen LogP contribution in [-0.4, -0.2) is 36.7 Å². The number of carbonyl (C=O) groups excluding carboxylic acids is 1. The van der Waals surface area contributed by atoms with E-state index in [4.69, 9.17) is 14.6 Å². The monoisotopic (exact) mass is 295 g/mol. The third-order valence-electron chi connectivity index (χ3n) is 2.98. The van der Waals surface area contributed by atoms with Crippen LogP contribution in [0.2, 0.25) is 0 Å². The van der Waals surface area contributed by atoms with Crippen LogP contribution in [0.5, 0.6) is 11.5 Å². The zero-order valence-electron chi connectivity index (χ0n) is 12.5. The Balaban J connectivity index is 2.52. The number of amides is 1. The Bertz CT molecular complexity index is 489. The molecule has 21 heavy (non-hydrogen) atoms. The van der Waals surface area contributed by atoms with E-state index in [2.05, 4.69) is 5.32 Å². The lowest BCUT2D eigenvalue weighted by Gasteiger charge is -2.18. The number of hydrogen-bond donors (Lipinski definition) is 2. The minimum atomic E-state index is -1.12. The van der Waals surface area contributed by atoms with Crippen molar-refractivity contribution in [1.29, 1.82) is 0 Å². The summed E-state index contributed by atoms with van der Waals surface area (Å²) in [7, 11) is 1.55. The molecule has 0 radical (unpaired) electrons. The normalized spacial score (nSPS) is 13.1. The molecule has 116 valence electrons. The molecule has 6 heteroatoms. The van der Waals surface area contributed by atoms with E-state index in [0.29, 0.717) is 11.5 Å². The third kappa shape index (κ3) is 4.98. The van der Waals surface area contributed by atoms with E-state index in [-0.39, 0.29) is 19.1 Å². The van der Waals surface area contributed by atoms with Crippen molar-refractivity contribution >= 4 is 11.9 Å². The third-order valence-corrected chi connectivity index (χ3v) is 2.98. The van der Waals surface area contributed by atoms with Gasteiger partial charge in [-0.2, -0.15) is 0 Å². The molecule has 0 aromatic heterocycles. The summed E-state index contributed by atoms with van der Waals surface area (Å²) in [5.74, 6) is -1.46. The highest BCUT2D eigenvalue weighted by Gasteiger charge is 2.24. The van der Waals surface area contributed by atoms with Gasteiger partial charge >= 0.3 is 5.97 Å². The van der Waals surface area contributed by atoms with Gasteiger partial charge in [-0.3, -0.25) is 9.59 Å². The number of nitrogens with one attached hydrogen (secondary N) is 1. The molecule has 1 amide bonds. The van der Waals surface area contributed by atoms with E-state index in [9.17, 15) is 9.59 Å². The van der Waals surface area contributed by atoms with Crippen molar-refractivity contribution in [2.45, 2.75) is 26.4 Å². The Hall–Kier alpha value is -2.24. The molecule has 0 fully saturated rings. The van der Waals surface area contributed by atoms with Crippen LogP contribution in [0.15, 0.2) is 24.3 Å². The summed E-state index contributed by atoms with van der Waals surface area (Å²) in [6.07, 6.45) is -0.0559. The lowest BCUT2D eigenvalue weighted by Crippen LogP contribution is -2.39. The van der Waals surface area contributed by atoms with Gasteiger partial charge in [-0.25, -0.2) is 0 Å². The van der Waals surface area contributed by atoms with E-state index < -0.39 is 17.8 Å². The second kappa shape index (κ2) is 8.14. The first kappa shape index (κ1) is 16.8. The zero-order valence-corrected chi connectivity index (χ0v) is 12.5. The molecule has 0 spiro atoms. The molecule has 1 aromatic rings. The Morgan fingerprint density at radius 1 is 1.29 bits per heavy atom. The summed E-state index contributed by atoms with van der Waals surface area (Å²) >= 11 is 0. The molecule has 0 bridgehead atoms. The number of ether oxygens (including phenoxy) is 2. The Labute approximate surface area is 124 Å². The van der Waals surface area contributed by atoms with Gasteiger partial charge < -0.3 is 19.9 Å². The number of rotatable bonds is 8. The first-order chi connectivity index (χ1) is 9.99. The number of benzene rings is 1. The minimum Gasteiger partial charge on any atom is -0.493 e. The summed E-state index contributed by atoms with van der Waals surface area (Å²) in [6, 6.07) is 7.19. The van der Waals surface area contributed by atoms with Gasteiger partial charge in [0.2, 0.25) is 5.91 Å². The molecule has 2 atom stereocenters. The van der Waals surface area contributed by atoms with Crippen molar-refractivity contribution < 1.29 is 24.2 Å². The van der Waals surface area contributed by atoms with Crippen LogP contribution in [0.3, 0.4) is 0 Å². The van der Waals surface area contributed by atoms with E-state index in [0.717, 1.165) is 0 Å². The minimum absolute atomic E-state index is 0.223. The standard InChI is InChI=1S/C15H21NO5/c1-4-11(15(18)19)14(17)16-9-10(2)21-13-8-6-5-7-12(13)20-3/h5-8,10-11H,4,9H2,1-3H3,(H,16,17)(H,18,19)/t10-,11-/m1/s1. The first-order valence-electron chi connectivity index (χ1n) is 6.79. The average molecular weight is 295 g/mol. The molecule has 2 N–H and O–H groups in total. The fraction of sp³-hybridized carbons (Fsp3) is 0.467. The molecule has 0 unspecified atom stereocenters. The van der Waals surface area contributed by atoms with Gasteiger partial charge in [0.1, 0.15) is 12.0 Å². The number of para-hydroxylation sites is 2. The van der Waals surface area contributed by atoms with E-state index in [1.165, 1.54) is 0 Å². The van der Waals surface area contributed by atoms with E-state index >= 15 is 0 Å². The number of carboxylic acids is 1. The Morgan fingerprint density at radius 3 is 2.43 bits per heavy atom. The summed E-state index contributed by atoms with van der Waals surface area (Å²) in [4.78, 5) is 22.6. The van der Waals surface area contributed by atoms with Crippen molar-refractivity contribution in [2.75, 3.05) is 13.7 Å². The summed E-state index contributed by atoms with van der Waals surface area (Å²) in [6.45, 7) is 3.67. The van der Waals surface area contributed by atoms with Crippen LogP contribution >= 0.6 is 0 Å². The van der Waals surface area contributed by atoms with Gasteiger partial charge in [-0.1, -0.05) is 19.1 Å². The number of methoxy groups -OCH3 is 1. The van der Waals surface area contributed by atoms with Crippen LogP contribution in [0.1, 0.15) is 20.3 Å². The molecule has 0 aliphatic heterocycles. The topological polar surface area (TPSA) is 84.9 Å². The van der Waals surface area contributed by atoms with Crippen molar-refractivity contribution in [1.82, 2.24) is 5.32 Å². The molecule has 1 rings (SSSR count). The highest BCUT2D eigenvalue weighted by Crippen LogP contribution is 2.26. The van der Waals surface area contributed by atoms with Crippen molar-refractivity contribution in [3.63, 3.8) is 0 Å². The van der Waals surface area contributed by atoms with Crippen molar-refractivity contribution in [2.24, 2.45) is 5.92 Å². The summed E-state index contributed by atoms with van der Waals surface area (Å²) in [5, 5.41) is 11.5. The van der Waals surface area contributed by atoms with Gasteiger partial charge in [0.25, 0.3) is 0 Å². The predicted octanol–water partition coefficient (Wildman–Crippen LogP) is 1.69. The molecule has 6 nitrogen and oxygen atoms in total. The maximum absolute atomic E-state index is 11.7. The molecular formula is C15H21NO5.